The third-order valence-corrected chi connectivity index (χ3v) is 2.30. The van der Waals surface area contributed by atoms with Crippen LogP contribution in [0.5, 0.6) is 0 Å². The fraction of sp³-hybridized carbons (Fsp3) is 0.857. The molecule has 2 nitrogen and oxygen atoms in total. The molecule has 1 saturated carbocycles. The van der Waals surface area contributed by atoms with E-state index in [9.17, 15) is 4.79 Å². The van der Waals surface area contributed by atoms with E-state index < -0.39 is 4.84 Å². The molecule has 0 bridgehead atoms. The van der Waals surface area contributed by atoms with Gasteiger partial charge in [-0.1, -0.05) is 36.0 Å². The van der Waals surface area contributed by atoms with Crippen LogP contribution in [-0.4, -0.2) is 16.8 Å². The third kappa shape index (κ3) is 2.88. The van der Waals surface area contributed by atoms with Crippen molar-refractivity contribution >= 4 is 29.1 Å². The molecule has 11 heavy (non-hydrogen) atoms. The van der Waals surface area contributed by atoms with Crippen LogP contribution in [0.1, 0.15) is 25.7 Å². The number of amides is 1. The van der Waals surface area contributed by atoms with Crippen LogP contribution < -0.4 is 5.32 Å². The van der Waals surface area contributed by atoms with Gasteiger partial charge in [0, 0.05) is 6.04 Å². The van der Waals surface area contributed by atoms with E-state index in [1.807, 2.05) is 0 Å². The van der Waals surface area contributed by atoms with Crippen molar-refractivity contribution in [2.45, 2.75) is 36.6 Å². The molecule has 0 aromatic rings. The zero-order chi connectivity index (χ0) is 8.27. The molecule has 1 aliphatic rings. The molecule has 0 heterocycles. The predicted molar refractivity (Wildman–Crippen MR) is 45.9 cm³/mol. The molecule has 0 aliphatic heterocycles. The van der Waals surface area contributed by atoms with E-state index in [4.69, 9.17) is 23.2 Å². The summed E-state index contributed by atoms with van der Waals surface area (Å²) in [6.07, 6.45) is 4.51. The second-order valence-corrected chi connectivity index (χ2v) is 3.89. The van der Waals surface area contributed by atoms with Gasteiger partial charge in [0.2, 0.25) is 0 Å². The Morgan fingerprint density at radius 2 is 1.91 bits per heavy atom. The molecule has 0 spiro atoms. The number of hydrogen-bond acceptors (Lipinski definition) is 1. The van der Waals surface area contributed by atoms with E-state index in [2.05, 4.69) is 5.32 Å². The maximum Gasteiger partial charge on any atom is 0.253 e. The van der Waals surface area contributed by atoms with Crippen LogP contribution in [0.2, 0.25) is 0 Å². The second-order valence-electron chi connectivity index (χ2n) is 2.79. The lowest BCUT2D eigenvalue weighted by atomic mass is 10.2. The average Bonchev–Trinajstić information content (AvgIpc) is 2.39. The minimum atomic E-state index is -0.921. The van der Waals surface area contributed by atoms with Crippen LogP contribution in [0.15, 0.2) is 0 Å². The average molecular weight is 196 g/mol. The van der Waals surface area contributed by atoms with Crippen LogP contribution in [0.25, 0.3) is 0 Å². The van der Waals surface area contributed by atoms with Crippen molar-refractivity contribution in [1.82, 2.24) is 5.32 Å². The number of alkyl halides is 2. The van der Waals surface area contributed by atoms with Crippen molar-refractivity contribution in [3.63, 3.8) is 0 Å². The Morgan fingerprint density at radius 1 is 1.36 bits per heavy atom. The Morgan fingerprint density at radius 3 is 2.36 bits per heavy atom. The quantitative estimate of drug-likeness (QED) is 0.671. The topological polar surface area (TPSA) is 29.1 Å². The molecule has 1 N–H and O–H groups in total. The van der Waals surface area contributed by atoms with Crippen molar-refractivity contribution in [1.29, 1.82) is 0 Å². The predicted octanol–water partition coefficient (Wildman–Crippen LogP) is 1.85. The summed E-state index contributed by atoms with van der Waals surface area (Å²) < 4.78 is 0. The molecule has 1 aliphatic carbocycles. The van der Waals surface area contributed by atoms with Crippen LogP contribution in [-0.2, 0) is 4.79 Å². The number of hydrogen-bond donors (Lipinski definition) is 1. The largest absolute Gasteiger partial charge is 0.351 e. The lowest BCUT2D eigenvalue weighted by molar-refractivity contribution is -0.120. The second kappa shape index (κ2) is 4.17. The lowest BCUT2D eigenvalue weighted by Crippen LogP contribution is -2.36. The number of rotatable bonds is 2. The van der Waals surface area contributed by atoms with Crippen molar-refractivity contribution in [2.75, 3.05) is 0 Å². The Bertz CT molecular complexity index is 143. The van der Waals surface area contributed by atoms with E-state index >= 15 is 0 Å². The minimum absolute atomic E-state index is 0.264. The van der Waals surface area contributed by atoms with Gasteiger partial charge in [-0.3, -0.25) is 4.79 Å². The smallest absolute Gasteiger partial charge is 0.253 e. The molecule has 64 valence electrons. The van der Waals surface area contributed by atoms with Crippen LogP contribution in [0, 0.1) is 0 Å². The number of carbonyl (C=O) groups excluding carboxylic acids is 1. The van der Waals surface area contributed by atoms with Gasteiger partial charge < -0.3 is 5.32 Å². The van der Waals surface area contributed by atoms with Gasteiger partial charge in [-0.25, -0.2) is 0 Å². The van der Waals surface area contributed by atoms with Crippen LogP contribution in [0.4, 0.5) is 0 Å². The Labute approximate surface area is 76.2 Å². The summed E-state index contributed by atoms with van der Waals surface area (Å²) in [6.45, 7) is 0. The Kier molecular flexibility index (Phi) is 3.46. The maximum absolute atomic E-state index is 10.9. The normalized spacial score (nSPS) is 19.2. The first kappa shape index (κ1) is 9.14. The van der Waals surface area contributed by atoms with Gasteiger partial charge in [0.25, 0.3) is 5.91 Å². The fourth-order valence-electron chi connectivity index (χ4n) is 1.33. The monoisotopic (exact) mass is 195 g/mol. The molecule has 1 fully saturated rings. The number of carbonyl (C=O) groups is 1. The summed E-state index contributed by atoms with van der Waals surface area (Å²) in [6, 6.07) is 0.308. The van der Waals surface area contributed by atoms with Crippen molar-refractivity contribution < 1.29 is 4.79 Å². The van der Waals surface area contributed by atoms with Crippen molar-refractivity contribution in [3.8, 4) is 0 Å². The molecule has 0 unspecified atom stereocenters. The molecular weight excluding hydrogens is 185 g/mol. The summed E-state index contributed by atoms with van der Waals surface area (Å²) in [5.74, 6) is -0.264. The molecule has 0 aromatic carbocycles. The highest BCUT2D eigenvalue weighted by Gasteiger charge is 2.19. The zero-order valence-corrected chi connectivity index (χ0v) is 7.66. The highest BCUT2D eigenvalue weighted by Crippen LogP contribution is 2.18. The fourth-order valence-corrected chi connectivity index (χ4v) is 1.46. The summed E-state index contributed by atoms with van der Waals surface area (Å²) in [5.41, 5.74) is 0. The van der Waals surface area contributed by atoms with E-state index in [-0.39, 0.29) is 5.91 Å². The number of nitrogens with one attached hydrogen (secondary N) is 1. The summed E-state index contributed by atoms with van der Waals surface area (Å²) in [7, 11) is 0. The van der Waals surface area contributed by atoms with Crippen molar-refractivity contribution in [3.05, 3.63) is 0 Å². The first-order valence-electron chi connectivity index (χ1n) is 3.78. The van der Waals surface area contributed by atoms with Crippen LogP contribution >= 0.6 is 23.2 Å². The molecule has 1 rings (SSSR count). The van der Waals surface area contributed by atoms with Gasteiger partial charge in [0.15, 0.2) is 4.84 Å². The van der Waals surface area contributed by atoms with Gasteiger partial charge >= 0.3 is 0 Å². The molecule has 0 aromatic heterocycles. The Balaban J connectivity index is 2.24. The minimum Gasteiger partial charge on any atom is -0.351 e. The first-order valence-corrected chi connectivity index (χ1v) is 4.66. The first-order chi connectivity index (χ1) is 5.20. The molecule has 4 heteroatoms. The zero-order valence-electron chi connectivity index (χ0n) is 6.15. The summed E-state index contributed by atoms with van der Waals surface area (Å²) >= 11 is 10.7. The van der Waals surface area contributed by atoms with E-state index in [0.717, 1.165) is 12.8 Å². The molecule has 1 amide bonds. The van der Waals surface area contributed by atoms with Gasteiger partial charge in [-0.05, 0) is 12.8 Å². The van der Waals surface area contributed by atoms with Gasteiger partial charge in [0.05, 0.1) is 0 Å². The van der Waals surface area contributed by atoms with Gasteiger partial charge in [-0.15, -0.1) is 0 Å². The summed E-state index contributed by atoms with van der Waals surface area (Å²) in [4.78, 5) is 10.0. The van der Waals surface area contributed by atoms with Crippen molar-refractivity contribution in [2.24, 2.45) is 0 Å². The van der Waals surface area contributed by atoms with E-state index in [1.54, 1.807) is 0 Å². The van der Waals surface area contributed by atoms with Gasteiger partial charge in [0.1, 0.15) is 0 Å². The third-order valence-electron chi connectivity index (χ3n) is 1.90. The highest BCUT2D eigenvalue weighted by molar-refractivity contribution is 6.53. The van der Waals surface area contributed by atoms with E-state index in [1.165, 1.54) is 12.8 Å². The molecule has 0 saturated heterocycles. The van der Waals surface area contributed by atoms with Gasteiger partial charge in [-0.2, -0.15) is 0 Å². The highest BCUT2D eigenvalue weighted by atomic mass is 35.5. The number of halogens is 2. The standard InChI is InChI=1S/C7H11Cl2NO/c8-6(9)7(11)10-5-3-1-2-4-5/h5-6H,1-4H2,(H,10,11). The maximum atomic E-state index is 10.9. The Hall–Kier alpha value is 0.0500. The summed E-state index contributed by atoms with van der Waals surface area (Å²) in [5, 5.41) is 2.78. The molecular formula is C7H11Cl2NO. The molecule has 0 atom stereocenters. The van der Waals surface area contributed by atoms with E-state index in [0.29, 0.717) is 6.04 Å². The molecule has 0 radical (unpaired) electrons. The van der Waals surface area contributed by atoms with Crippen LogP contribution in [0.3, 0.4) is 0 Å². The lowest BCUT2D eigenvalue weighted by Gasteiger charge is -2.11. The SMILES string of the molecule is O=C(NC1CCCC1)C(Cl)Cl.